The van der Waals surface area contributed by atoms with Gasteiger partial charge in [-0.2, -0.15) is 0 Å². The Bertz CT molecular complexity index is 602. The fourth-order valence-electron chi connectivity index (χ4n) is 2.03. The van der Waals surface area contributed by atoms with E-state index in [1.54, 1.807) is 6.20 Å². The molecule has 0 saturated carbocycles. The number of carbonyl (C=O) groups excluding carboxylic acids is 1. The summed E-state index contributed by atoms with van der Waals surface area (Å²) in [6.07, 6.45) is 3.72. The number of amides is 1. The van der Waals surface area contributed by atoms with Crippen molar-refractivity contribution in [2.45, 2.75) is 13.8 Å². The largest absolute Gasteiger partial charge is 0.349 e. The van der Waals surface area contributed by atoms with Crippen LogP contribution in [0.25, 0.3) is 5.65 Å². The highest BCUT2D eigenvalue weighted by Gasteiger charge is 2.10. The topological polar surface area (TPSA) is 49.6 Å². The number of imidazole rings is 1. The lowest BCUT2D eigenvalue weighted by atomic mass is 10.4. The highest BCUT2D eigenvalue weighted by atomic mass is 125. The Hall–Kier alpha value is -0.570. The van der Waals surface area contributed by atoms with Gasteiger partial charge in [-0.25, -0.2) is 4.98 Å². The molecule has 2 aromatic rings. The van der Waals surface area contributed by atoms with Crippen molar-refractivity contribution >= 4 is 59.0 Å². The number of likely N-dealkylation sites (N-methyl/N-ethyl adjacent to an activating group) is 1. The molecule has 0 aliphatic heterocycles. The van der Waals surface area contributed by atoms with Crippen molar-refractivity contribution < 1.29 is 4.79 Å². The van der Waals surface area contributed by atoms with Crippen molar-refractivity contribution in [1.82, 2.24) is 19.6 Å². The quantitative estimate of drug-likeness (QED) is 0.680. The molecular weight excluding hydrogens is 436 g/mol. The van der Waals surface area contributed by atoms with E-state index in [0.29, 0.717) is 12.2 Å². The SMILES string of the molecule is CCN(CC)CCNC(=O)c1cn2cc([125I])ccc2n1.Cl.Cl. The van der Waals surface area contributed by atoms with Gasteiger partial charge in [0.1, 0.15) is 11.3 Å². The highest BCUT2D eigenvalue weighted by Crippen LogP contribution is 2.09. The lowest BCUT2D eigenvalue weighted by molar-refractivity contribution is 0.0944. The summed E-state index contributed by atoms with van der Waals surface area (Å²) in [4.78, 5) is 18.6. The van der Waals surface area contributed by atoms with Gasteiger partial charge in [0.2, 0.25) is 0 Å². The van der Waals surface area contributed by atoms with Gasteiger partial charge in [0.05, 0.1) is 0 Å². The molecule has 0 aromatic carbocycles. The van der Waals surface area contributed by atoms with Crippen LogP contribution in [0.1, 0.15) is 24.3 Å². The number of hydrogen-bond acceptors (Lipinski definition) is 3. The van der Waals surface area contributed by atoms with Gasteiger partial charge in [-0.1, -0.05) is 13.8 Å². The maximum atomic E-state index is 12.1. The zero-order chi connectivity index (χ0) is 14.5. The Morgan fingerprint density at radius 1 is 1.27 bits per heavy atom. The monoisotopic (exact) mass is 456 g/mol. The summed E-state index contributed by atoms with van der Waals surface area (Å²) in [6, 6.07) is 3.89. The number of nitrogens with one attached hydrogen (secondary N) is 1. The van der Waals surface area contributed by atoms with Crippen LogP contribution in [0.2, 0.25) is 0 Å². The molecule has 0 atom stereocenters. The van der Waals surface area contributed by atoms with Gasteiger partial charge >= 0.3 is 0 Å². The van der Waals surface area contributed by atoms with Gasteiger partial charge in [0.25, 0.3) is 5.91 Å². The minimum atomic E-state index is -0.115. The van der Waals surface area contributed by atoms with Crippen molar-refractivity contribution in [3.63, 3.8) is 0 Å². The molecule has 0 bridgehead atoms. The molecule has 0 fully saturated rings. The maximum Gasteiger partial charge on any atom is 0.271 e. The molecule has 0 radical (unpaired) electrons. The number of carbonyl (C=O) groups is 1. The summed E-state index contributed by atoms with van der Waals surface area (Å²) in [6.45, 7) is 7.75. The number of pyridine rings is 1. The number of nitrogens with zero attached hydrogens (tertiary/aromatic N) is 3. The first-order valence-electron chi connectivity index (χ1n) is 6.78. The molecule has 0 spiro atoms. The summed E-state index contributed by atoms with van der Waals surface area (Å²) >= 11 is 2.24. The van der Waals surface area contributed by atoms with Crippen LogP contribution in [0.3, 0.4) is 0 Å². The molecule has 8 heteroatoms. The molecular formula is C14H21Cl2IN4O. The Labute approximate surface area is 156 Å². The minimum Gasteiger partial charge on any atom is -0.349 e. The fraction of sp³-hybridized carbons (Fsp3) is 0.429. The standard InChI is InChI=1S/C14H19IN4O.2ClH/c1-3-18(4-2)8-7-16-14(20)12-10-19-9-11(15)5-6-13(19)17-12;;/h5-6,9-10H,3-4,7-8H2,1-2H3,(H,16,20);2*1H/i15-2;;. The van der Waals surface area contributed by atoms with Gasteiger partial charge in [-0.3, -0.25) is 4.79 Å². The van der Waals surface area contributed by atoms with Gasteiger partial charge < -0.3 is 14.6 Å². The second kappa shape index (κ2) is 10.3. The van der Waals surface area contributed by atoms with Crippen LogP contribution in [0, 0.1) is 3.57 Å². The van der Waals surface area contributed by atoms with Crippen LogP contribution in [-0.4, -0.2) is 46.4 Å². The normalized spacial score (nSPS) is 10.2. The lowest BCUT2D eigenvalue weighted by Gasteiger charge is -2.17. The van der Waals surface area contributed by atoms with E-state index in [4.69, 9.17) is 0 Å². The van der Waals surface area contributed by atoms with Crippen molar-refractivity contribution in [2.24, 2.45) is 0 Å². The van der Waals surface area contributed by atoms with Crippen LogP contribution in [0.4, 0.5) is 0 Å². The number of fused-ring (bicyclic) bond motifs is 1. The van der Waals surface area contributed by atoms with Crippen molar-refractivity contribution in [3.05, 3.63) is 33.8 Å². The predicted octanol–water partition coefficient (Wildman–Crippen LogP) is 2.85. The van der Waals surface area contributed by atoms with Crippen molar-refractivity contribution in [1.29, 1.82) is 0 Å². The summed E-state index contributed by atoms with van der Waals surface area (Å²) in [7, 11) is 0. The third kappa shape index (κ3) is 5.57. The highest BCUT2D eigenvalue weighted by molar-refractivity contribution is 14.1. The zero-order valence-electron chi connectivity index (χ0n) is 12.6. The first-order chi connectivity index (χ1) is 9.63. The second-order valence-electron chi connectivity index (χ2n) is 4.52. The van der Waals surface area contributed by atoms with E-state index in [1.165, 1.54) is 0 Å². The first kappa shape index (κ1) is 21.4. The summed E-state index contributed by atoms with van der Waals surface area (Å²) in [5, 5.41) is 2.92. The molecule has 1 N–H and O–H groups in total. The van der Waals surface area contributed by atoms with E-state index in [0.717, 1.165) is 28.9 Å². The second-order valence-corrected chi connectivity index (χ2v) is 5.77. The number of rotatable bonds is 6. The third-order valence-corrected chi connectivity index (χ3v) is 3.89. The smallest absolute Gasteiger partial charge is 0.271 e. The molecule has 0 unspecified atom stereocenters. The number of aromatic nitrogens is 2. The Morgan fingerprint density at radius 3 is 2.59 bits per heavy atom. The van der Waals surface area contributed by atoms with Crippen LogP contribution >= 0.6 is 47.4 Å². The molecule has 2 heterocycles. The molecule has 124 valence electrons. The van der Waals surface area contributed by atoms with E-state index in [2.05, 4.69) is 51.6 Å². The Balaban J connectivity index is 0.00000220. The first-order valence-corrected chi connectivity index (χ1v) is 7.86. The lowest BCUT2D eigenvalue weighted by Crippen LogP contribution is -2.34. The molecule has 5 nitrogen and oxygen atoms in total. The van der Waals surface area contributed by atoms with Gasteiger partial charge in [0, 0.05) is 29.1 Å². The molecule has 2 rings (SSSR count). The average Bonchev–Trinajstić information content (AvgIpc) is 2.86. The average molecular weight is 457 g/mol. The van der Waals surface area contributed by atoms with Crippen LogP contribution < -0.4 is 5.32 Å². The number of hydrogen-bond donors (Lipinski definition) is 1. The zero-order valence-corrected chi connectivity index (χ0v) is 16.4. The minimum absolute atomic E-state index is 0. The van der Waals surface area contributed by atoms with Gasteiger partial charge in [0.15, 0.2) is 0 Å². The van der Waals surface area contributed by atoms with E-state index < -0.39 is 0 Å². The van der Waals surface area contributed by atoms with Gasteiger partial charge in [-0.05, 0) is 47.8 Å². The fourth-order valence-corrected chi connectivity index (χ4v) is 2.51. The molecule has 2 aromatic heterocycles. The van der Waals surface area contributed by atoms with Crippen LogP contribution in [-0.2, 0) is 0 Å². The van der Waals surface area contributed by atoms with Gasteiger partial charge in [-0.15, -0.1) is 24.8 Å². The van der Waals surface area contributed by atoms with Crippen molar-refractivity contribution in [3.8, 4) is 0 Å². The molecule has 22 heavy (non-hydrogen) atoms. The summed E-state index contributed by atoms with van der Waals surface area (Å²) in [5.74, 6) is -0.115. The van der Waals surface area contributed by atoms with E-state index in [9.17, 15) is 4.79 Å². The Kier molecular flexibility index (Phi) is 9.99. The van der Waals surface area contributed by atoms with E-state index in [1.807, 2.05) is 22.7 Å². The van der Waals surface area contributed by atoms with Crippen LogP contribution in [0.15, 0.2) is 24.5 Å². The molecule has 0 aliphatic carbocycles. The number of halogens is 3. The summed E-state index contributed by atoms with van der Waals surface area (Å²) < 4.78 is 2.99. The summed E-state index contributed by atoms with van der Waals surface area (Å²) in [5.41, 5.74) is 1.26. The molecule has 1 amide bonds. The molecule has 0 saturated heterocycles. The predicted molar refractivity (Wildman–Crippen MR) is 103 cm³/mol. The van der Waals surface area contributed by atoms with Crippen LogP contribution in [0.5, 0.6) is 0 Å². The van der Waals surface area contributed by atoms with Crippen molar-refractivity contribution in [2.75, 3.05) is 26.2 Å². The Morgan fingerprint density at radius 2 is 1.95 bits per heavy atom. The third-order valence-electron chi connectivity index (χ3n) is 3.26. The van der Waals surface area contributed by atoms with E-state index in [-0.39, 0.29) is 30.7 Å². The molecule has 0 aliphatic rings. The maximum absolute atomic E-state index is 12.1. The van der Waals surface area contributed by atoms with E-state index >= 15 is 0 Å².